The predicted octanol–water partition coefficient (Wildman–Crippen LogP) is 3.23. The number of methoxy groups -OCH3 is 2. The predicted molar refractivity (Wildman–Crippen MR) is 110 cm³/mol. The maximum absolute atomic E-state index is 12.2. The fraction of sp³-hybridized carbons (Fsp3) is 0.348. The second-order valence-electron chi connectivity index (χ2n) is 7.18. The molecular weight excluding hydrogens is 370 g/mol. The van der Waals surface area contributed by atoms with Crippen molar-refractivity contribution in [3.63, 3.8) is 0 Å². The Labute approximate surface area is 171 Å². The molecule has 6 heteroatoms. The molecule has 1 N–H and O–H groups in total. The van der Waals surface area contributed by atoms with Crippen LogP contribution in [0.1, 0.15) is 29.8 Å². The van der Waals surface area contributed by atoms with Crippen molar-refractivity contribution in [1.29, 1.82) is 0 Å². The van der Waals surface area contributed by atoms with Crippen molar-refractivity contribution in [2.24, 2.45) is 0 Å². The number of benzene rings is 2. The number of amides is 1. The molecule has 6 nitrogen and oxygen atoms in total. The summed E-state index contributed by atoms with van der Waals surface area (Å²) in [6.07, 6.45) is 0.855. The lowest BCUT2D eigenvalue weighted by atomic mass is 10.0. The Morgan fingerprint density at radius 2 is 1.90 bits per heavy atom. The van der Waals surface area contributed by atoms with E-state index < -0.39 is 0 Å². The molecule has 0 spiro atoms. The molecule has 0 saturated heterocycles. The van der Waals surface area contributed by atoms with Gasteiger partial charge in [0, 0.05) is 17.5 Å². The molecule has 0 fully saturated rings. The highest BCUT2D eigenvalue weighted by molar-refractivity contribution is 5.95. The van der Waals surface area contributed by atoms with Gasteiger partial charge in [0.15, 0.2) is 23.0 Å². The summed E-state index contributed by atoms with van der Waals surface area (Å²) >= 11 is 0. The van der Waals surface area contributed by atoms with E-state index in [0.717, 1.165) is 17.7 Å². The molecule has 0 bridgehead atoms. The van der Waals surface area contributed by atoms with Crippen molar-refractivity contribution in [3.8, 4) is 34.8 Å². The number of fused-ring (bicyclic) bond motifs is 1. The normalized spacial score (nSPS) is 13.4. The largest absolute Gasteiger partial charge is 0.493 e. The molecule has 0 atom stereocenters. The lowest BCUT2D eigenvalue weighted by molar-refractivity contribution is 0.0958. The van der Waals surface area contributed by atoms with Crippen molar-refractivity contribution in [3.05, 3.63) is 47.5 Å². The highest BCUT2D eigenvalue weighted by atomic mass is 16.5. The number of carbonyl (C=O) groups excluding carboxylic acids is 1. The van der Waals surface area contributed by atoms with E-state index in [1.807, 2.05) is 18.2 Å². The number of hydrogen-bond acceptors (Lipinski definition) is 5. The van der Waals surface area contributed by atoms with Crippen LogP contribution in [0.3, 0.4) is 0 Å². The van der Waals surface area contributed by atoms with Gasteiger partial charge in [-0.3, -0.25) is 4.79 Å². The molecule has 0 aromatic heterocycles. The molecule has 0 radical (unpaired) electrons. The van der Waals surface area contributed by atoms with Crippen LogP contribution in [0.25, 0.3) is 0 Å². The zero-order valence-corrected chi connectivity index (χ0v) is 17.1. The Bertz CT molecular complexity index is 955. The van der Waals surface area contributed by atoms with E-state index in [-0.39, 0.29) is 24.7 Å². The number of rotatable bonds is 6. The first-order valence-electron chi connectivity index (χ1n) is 9.33. The quantitative estimate of drug-likeness (QED) is 0.761. The lowest BCUT2D eigenvalue weighted by Gasteiger charge is -2.17. The van der Waals surface area contributed by atoms with Gasteiger partial charge in [-0.2, -0.15) is 0 Å². The van der Waals surface area contributed by atoms with E-state index in [1.165, 1.54) is 7.11 Å². The summed E-state index contributed by atoms with van der Waals surface area (Å²) in [5, 5.41) is 2.75. The van der Waals surface area contributed by atoms with Crippen LogP contribution in [0.2, 0.25) is 0 Å². The summed E-state index contributed by atoms with van der Waals surface area (Å²) in [7, 11) is 3.07. The summed E-state index contributed by atoms with van der Waals surface area (Å²) < 4.78 is 22.1. The van der Waals surface area contributed by atoms with E-state index in [0.29, 0.717) is 22.8 Å². The smallest absolute Gasteiger partial charge is 0.252 e. The molecule has 0 aliphatic carbocycles. The van der Waals surface area contributed by atoms with Gasteiger partial charge in [-0.1, -0.05) is 24.0 Å². The topological polar surface area (TPSA) is 66.0 Å². The van der Waals surface area contributed by atoms with Gasteiger partial charge >= 0.3 is 0 Å². The average Bonchev–Trinajstić information content (AvgIpc) is 3.04. The molecule has 152 valence electrons. The second kappa shape index (κ2) is 8.78. The van der Waals surface area contributed by atoms with Crippen molar-refractivity contribution in [2.45, 2.75) is 25.9 Å². The van der Waals surface area contributed by atoms with Crippen LogP contribution >= 0.6 is 0 Å². The third kappa shape index (κ3) is 4.94. The van der Waals surface area contributed by atoms with Gasteiger partial charge in [0.05, 0.1) is 20.8 Å². The van der Waals surface area contributed by atoms with E-state index >= 15 is 0 Å². The third-order valence-electron chi connectivity index (χ3n) is 4.46. The number of carbonyl (C=O) groups is 1. The van der Waals surface area contributed by atoms with E-state index in [4.69, 9.17) is 18.9 Å². The first kappa shape index (κ1) is 20.4. The van der Waals surface area contributed by atoms with Crippen molar-refractivity contribution in [1.82, 2.24) is 5.32 Å². The van der Waals surface area contributed by atoms with Gasteiger partial charge in [-0.25, -0.2) is 0 Å². The summed E-state index contributed by atoms with van der Waals surface area (Å²) in [6.45, 7) is 4.54. The number of ether oxygens (including phenoxy) is 4. The van der Waals surface area contributed by atoms with Gasteiger partial charge < -0.3 is 24.3 Å². The maximum atomic E-state index is 12.2. The first-order valence-corrected chi connectivity index (χ1v) is 9.33. The van der Waals surface area contributed by atoms with E-state index in [9.17, 15) is 4.79 Å². The van der Waals surface area contributed by atoms with Gasteiger partial charge in [0.1, 0.15) is 12.2 Å². The maximum Gasteiger partial charge on any atom is 0.252 e. The van der Waals surface area contributed by atoms with Gasteiger partial charge in [-0.05, 0) is 38.1 Å². The van der Waals surface area contributed by atoms with Crippen LogP contribution in [-0.4, -0.2) is 38.9 Å². The molecule has 3 rings (SSSR count). The molecule has 29 heavy (non-hydrogen) atoms. The summed E-state index contributed by atoms with van der Waals surface area (Å²) in [6, 6.07) is 10.9. The Morgan fingerprint density at radius 1 is 1.10 bits per heavy atom. The molecule has 2 aromatic carbocycles. The van der Waals surface area contributed by atoms with Crippen LogP contribution in [0.4, 0.5) is 0 Å². The Hall–Kier alpha value is -3.33. The van der Waals surface area contributed by atoms with Crippen molar-refractivity contribution < 1.29 is 23.7 Å². The minimum Gasteiger partial charge on any atom is -0.493 e. The highest BCUT2D eigenvalue weighted by Crippen LogP contribution is 2.41. The highest BCUT2D eigenvalue weighted by Gasteiger charge is 2.32. The van der Waals surface area contributed by atoms with E-state index in [1.54, 1.807) is 25.3 Å². The standard InChI is InChI=1S/C23H25NO5/c1-23(2)15-17-8-7-9-19(21(17)29-23)28-13-6-5-12-24-22(25)16-10-11-18(26-3)20(14-16)27-4/h7-11,14H,12-13,15H2,1-4H3,(H,24,25). The van der Waals surface area contributed by atoms with Crippen LogP contribution < -0.4 is 24.3 Å². The molecule has 1 aliphatic rings. The number of para-hydroxylation sites is 1. The molecule has 2 aromatic rings. The number of nitrogens with one attached hydrogen (secondary N) is 1. The molecular formula is C23H25NO5. The summed E-state index contributed by atoms with van der Waals surface area (Å²) in [5.74, 6) is 8.11. The number of hydrogen-bond donors (Lipinski definition) is 1. The second-order valence-corrected chi connectivity index (χ2v) is 7.18. The van der Waals surface area contributed by atoms with Gasteiger partial charge in [-0.15, -0.1) is 0 Å². The zero-order valence-electron chi connectivity index (χ0n) is 17.1. The molecule has 1 heterocycles. The van der Waals surface area contributed by atoms with E-state index in [2.05, 4.69) is 31.0 Å². The summed E-state index contributed by atoms with van der Waals surface area (Å²) in [4.78, 5) is 12.2. The van der Waals surface area contributed by atoms with Crippen LogP contribution in [0.5, 0.6) is 23.0 Å². The van der Waals surface area contributed by atoms with Crippen LogP contribution in [0, 0.1) is 11.8 Å². The zero-order chi connectivity index (χ0) is 20.9. The van der Waals surface area contributed by atoms with Crippen LogP contribution in [-0.2, 0) is 6.42 Å². The molecule has 1 aliphatic heterocycles. The monoisotopic (exact) mass is 395 g/mol. The molecule has 0 unspecified atom stereocenters. The summed E-state index contributed by atoms with van der Waals surface area (Å²) in [5.41, 5.74) is 1.39. The first-order chi connectivity index (χ1) is 13.9. The van der Waals surface area contributed by atoms with Gasteiger partial charge in [0.2, 0.25) is 0 Å². The Kier molecular flexibility index (Phi) is 6.18. The Morgan fingerprint density at radius 3 is 2.66 bits per heavy atom. The minimum atomic E-state index is -0.238. The lowest BCUT2D eigenvalue weighted by Crippen LogP contribution is -2.24. The fourth-order valence-electron chi connectivity index (χ4n) is 3.13. The van der Waals surface area contributed by atoms with Gasteiger partial charge in [0.25, 0.3) is 5.91 Å². The fourth-order valence-corrected chi connectivity index (χ4v) is 3.13. The minimum absolute atomic E-state index is 0.215. The molecule has 0 saturated carbocycles. The van der Waals surface area contributed by atoms with Crippen LogP contribution in [0.15, 0.2) is 36.4 Å². The third-order valence-corrected chi connectivity index (χ3v) is 4.46. The van der Waals surface area contributed by atoms with Crippen molar-refractivity contribution in [2.75, 3.05) is 27.4 Å². The molecule has 1 amide bonds. The Balaban J connectivity index is 1.50. The SMILES string of the molecule is COc1ccc(C(=O)NCC#CCOc2cccc3c2OC(C)(C)C3)cc1OC. The average molecular weight is 395 g/mol. The van der Waals surface area contributed by atoms with Crippen molar-refractivity contribution >= 4 is 5.91 Å².